The molecule has 4 N–H and O–H groups in total. The maximum absolute atomic E-state index is 12.9. The van der Waals surface area contributed by atoms with Crippen molar-refractivity contribution in [1.29, 1.82) is 0 Å². The summed E-state index contributed by atoms with van der Waals surface area (Å²) in [5.74, 6) is -4.69. The third-order valence-corrected chi connectivity index (χ3v) is 4.88. The highest BCUT2D eigenvalue weighted by molar-refractivity contribution is 7.46. The van der Waals surface area contributed by atoms with Gasteiger partial charge in [-0.05, 0) is 43.9 Å². The van der Waals surface area contributed by atoms with Gasteiger partial charge >= 0.3 is 19.9 Å². The summed E-state index contributed by atoms with van der Waals surface area (Å²) in [7, 11) is -3.37. The van der Waals surface area contributed by atoms with E-state index in [1.165, 1.54) is 26.2 Å². The van der Waals surface area contributed by atoms with Crippen molar-refractivity contribution in [1.82, 2.24) is 0 Å². The Morgan fingerprint density at radius 1 is 1.16 bits per heavy atom. The number of ether oxygens (including phenoxy) is 2. The van der Waals surface area contributed by atoms with Gasteiger partial charge in [0, 0.05) is 12.0 Å². The van der Waals surface area contributed by atoms with Crippen LogP contribution in [0.15, 0.2) is 12.1 Å². The minimum Gasteiger partial charge on any atom is -0.493 e. The van der Waals surface area contributed by atoms with Crippen LogP contribution in [0.1, 0.15) is 31.7 Å². The van der Waals surface area contributed by atoms with Crippen molar-refractivity contribution in [3.63, 3.8) is 0 Å². The fourth-order valence-corrected chi connectivity index (χ4v) is 3.15. The van der Waals surface area contributed by atoms with Crippen LogP contribution in [0, 0.1) is 0 Å². The average Bonchev–Trinajstić information content (AvgIpc) is 2.61. The molecule has 0 aliphatic heterocycles. The Kier molecular flexibility index (Phi) is 9.56. The van der Waals surface area contributed by atoms with Crippen molar-refractivity contribution in [3.8, 4) is 11.5 Å². The second kappa shape index (κ2) is 10.6. The van der Waals surface area contributed by atoms with E-state index >= 15 is 0 Å². The van der Waals surface area contributed by atoms with Crippen LogP contribution in [0.3, 0.4) is 0 Å². The van der Waals surface area contributed by atoms with Gasteiger partial charge in [-0.25, -0.2) is 4.57 Å². The lowest BCUT2D eigenvalue weighted by atomic mass is 9.95. The monoisotopic (exact) mass is 499 g/mol. The Bertz CT molecular complexity index is 787. The van der Waals surface area contributed by atoms with Gasteiger partial charge in [-0.3, -0.25) is 4.52 Å². The Labute approximate surface area is 180 Å². The van der Waals surface area contributed by atoms with Crippen LogP contribution >= 0.6 is 19.4 Å². The van der Waals surface area contributed by atoms with Gasteiger partial charge in [0.2, 0.25) is 0 Å². The summed E-state index contributed by atoms with van der Waals surface area (Å²) in [6.45, 7) is 0.698. The van der Waals surface area contributed by atoms with Crippen LogP contribution in [0.4, 0.5) is 22.0 Å². The van der Waals surface area contributed by atoms with E-state index < -0.39 is 51.5 Å². The van der Waals surface area contributed by atoms with Gasteiger partial charge < -0.3 is 25.0 Å². The number of halogens is 6. The number of hydrogen-bond acceptors (Lipinski definition) is 5. The van der Waals surface area contributed by atoms with Gasteiger partial charge in [0.15, 0.2) is 11.5 Å². The number of alkyl halides is 5. The first kappa shape index (κ1) is 27.9. The zero-order valence-electron chi connectivity index (χ0n) is 16.7. The first-order valence-corrected chi connectivity index (χ1v) is 10.8. The number of benzene rings is 1. The molecule has 0 heterocycles. The molecule has 0 saturated heterocycles. The second-order valence-corrected chi connectivity index (χ2v) is 8.83. The average molecular weight is 500 g/mol. The van der Waals surface area contributed by atoms with Crippen LogP contribution in [0.25, 0.3) is 0 Å². The van der Waals surface area contributed by atoms with Crippen molar-refractivity contribution in [2.45, 2.75) is 50.2 Å². The van der Waals surface area contributed by atoms with Gasteiger partial charge in [0.05, 0.1) is 25.3 Å². The van der Waals surface area contributed by atoms with Crippen molar-refractivity contribution < 1.29 is 50.3 Å². The van der Waals surface area contributed by atoms with E-state index in [-0.39, 0.29) is 22.9 Å². The number of nitrogens with two attached hydrogens (primary N) is 1. The molecule has 0 unspecified atom stereocenters. The molecular weight excluding hydrogens is 476 g/mol. The molecule has 0 aliphatic rings. The maximum Gasteiger partial charge on any atom is 0.469 e. The molecule has 0 aliphatic carbocycles. The molecule has 1 rings (SSSR count). The van der Waals surface area contributed by atoms with E-state index in [4.69, 9.17) is 36.6 Å². The molecule has 1 atom stereocenters. The summed E-state index contributed by atoms with van der Waals surface area (Å²) >= 11 is 6.13. The van der Waals surface area contributed by atoms with E-state index in [9.17, 15) is 26.5 Å². The van der Waals surface area contributed by atoms with Crippen molar-refractivity contribution in [3.05, 3.63) is 22.7 Å². The number of aryl methyl sites for hydroxylation is 1. The largest absolute Gasteiger partial charge is 0.493 e. The van der Waals surface area contributed by atoms with Crippen LogP contribution in [-0.4, -0.2) is 47.7 Å². The molecule has 14 heteroatoms. The van der Waals surface area contributed by atoms with E-state index in [2.05, 4.69) is 4.52 Å². The highest BCUT2D eigenvalue weighted by Gasteiger charge is 2.56. The first-order valence-electron chi connectivity index (χ1n) is 8.90. The smallest absolute Gasteiger partial charge is 0.469 e. The molecule has 180 valence electrons. The standard InChI is InChI=1S/C17H24ClF5NO6P/c1-15(24,10-30-31(25,26)27)6-4-11-8-12(18)14(13(9-11)28-2)29-7-3-5-16(19,20)17(21,22)23/h8-9H,3-7,10,24H2,1-2H3,(H2,25,26,27)/t15-/m1/s1. The molecule has 7 nitrogen and oxygen atoms in total. The minimum absolute atomic E-state index is 0.0106. The number of phosphoric ester groups is 1. The quantitative estimate of drug-likeness (QED) is 0.221. The van der Waals surface area contributed by atoms with E-state index in [1.54, 1.807) is 0 Å². The van der Waals surface area contributed by atoms with Crippen molar-refractivity contribution in [2.24, 2.45) is 5.73 Å². The highest BCUT2D eigenvalue weighted by atomic mass is 35.5. The third-order valence-electron chi connectivity index (χ3n) is 4.13. The Morgan fingerprint density at radius 2 is 1.77 bits per heavy atom. The van der Waals surface area contributed by atoms with Gasteiger partial charge in [-0.1, -0.05) is 11.6 Å². The first-order chi connectivity index (χ1) is 14.0. The summed E-state index contributed by atoms with van der Waals surface area (Å²) in [5.41, 5.74) is 5.50. The van der Waals surface area contributed by atoms with E-state index in [1.807, 2.05) is 0 Å². The lowest BCUT2D eigenvalue weighted by Gasteiger charge is -2.24. The molecule has 1 aromatic carbocycles. The topological polar surface area (TPSA) is 111 Å². The second-order valence-electron chi connectivity index (χ2n) is 7.18. The summed E-state index contributed by atoms with van der Waals surface area (Å²) < 4.78 is 88.1. The molecule has 31 heavy (non-hydrogen) atoms. The highest BCUT2D eigenvalue weighted by Crippen LogP contribution is 2.40. The number of hydrogen-bond donors (Lipinski definition) is 3. The molecule has 0 aromatic heterocycles. The zero-order valence-corrected chi connectivity index (χ0v) is 18.4. The van der Waals surface area contributed by atoms with E-state index in [0.717, 1.165) is 0 Å². The lowest BCUT2D eigenvalue weighted by Crippen LogP contribution is -2.41. The molecule has 0 fully saturated rings. The molecule has 0 saturated carbocycles. The fourth-order valence-electron chi connectivity index (χ4n) is 2.40. The van der Waals surface area contributed by atoms with Crippen molar-refractivity contribution >= 4 is 19.4 Å². The molecule has 1 aromatic rings. The summed E-state index contributed by atoms with van der Waals surface area (Å²) in [6.07, 6.45) is -7.07. The summed E-state index contributed by atoms with van der Waals surface area (Å²) in [6, 6.07) is 3.00. The predicted octanol–water partition coefficient (Wildman–Crippen LogP) is 4.46. The van der Waals surface area contributed by atoms with Gasteiger partial charge in [-0.15, -0.1) is 0 Å². The minimum atomic E-state index is -5.63. The third kappa shape index (κ3) is 9.46. The van der Waals surface area contributed by atoms with E-state index in [0.29, 0.717) is 12.0 Å². The lowest BCUT2D eigenvalue weighted by molar-refractivity contribution is -0.284. The predicted molar refractivity (Wildman–Crippen MR) is 103 cm³/mol. The molecule has 0 radical (unpaired) electrons. The van der Waals surface area contributed by atoms with Crippen LogP contribution in [0.2, 0.25) is 5.02 Å². The van der Waals surface area contributed by atoms with Crippen molar-refractivity contribution in [2.75, 3.05) is 20.3 Å². The summed E-state index contributed by atoms with van der Waals surface area (Å²) in [5, 5.41) is 0.0436. The van der Waals surface area contributed by atoms with Gasteiger partial charge in [0.25, 0.3) is 0 Å². The van der Waals surface area contributed by atoms with Crippen LogP contribution in [-0.2, 0) is 15.5 Å². The fraction of sp³-hybridized carbons (Fsp3) is 0.647. The Hall–Kier alpha value is -1.17. The van der Waals surface area contributed by atoms with Crippen LogP contribution in [0.5, 0.6) is 11.5 Å². The molecular formula is C17H24ClF5NO6P. The zero-order chi connectivity index (χ0) is 24.1. The molecule has 0 amide bonds. The van der Waals surface area contributed by atoms with Gasteiger partial charge in [-0.2, -0.15) is 22.0 Å². The number of methoxy groups -OCH3 is 1. The Morgan fingerprint density at radius 3 is 2.29 bits per heavy atom. The van der Waals surface area contributed by atoms with Crippen LogP contribution < -0.4 is 15.2 Å². The van der Waals surface area contributed by atoms with Gasteiger partial charge in [0.1, 0.15) is 0 Å². The number of rotatable bonds is 12. The molecule has 0 spiro atoms. The number of phosphoric acid groups is 1. The normalized spacial score (nSPS) is 14.9. The Balaban J connectivity index is 2.73. The SMILES string of the molecule is COc1cc(CC[C@@](C)(N)COP(=O)(O)O)cc(Cl)c1OCCCC(F)(F)C(F)(F)F. The summed E-state index contributed by atoms with van der Waals surface area (Å²) in [4.78, 5) is 17.5. The maximum atomic E-state index is 12.9. The molecule has 0 bridgehead atoms.